The van der Waals surface area contributed by atoms with Gasteiger partial charge in [0.05, 0.1) is 12.1 Å². The zero-order valence-electron chi connectivity index (χ0n) is 16.7. The van der Waals surface area contributed by atoms with E-state index in [1.54, 1.807) is 22.5 Å². The number of benzene rings is 2. The molecule has 0 aliphatic heterocycles. The Bertz CT molecular complexity index is 1480. The van der Waals surface area contributed by atoms with Crippen LogP contribution < -0.4 is 5.56 Å². The fraction of sp³-hybridized carbons (Fsp3) is 0.125. The zero-order valence-corrected chi connectivity index (χ0v) is 19.1. The largest absolute Gasteiger partial charge is 0.282 e. The molecule has 31 heavy (non-hydrogen) atoms. The van der Waals surface area contributed by atoms with E-state index in [1.165, 1.54) is 22.5 Å². The Labute approximate surface area is 192 Å². The van der Waals surface area contributed by atoms with Crippen LogP contribution in [0.4, 0.5) is 0 Å². The first-order valence-electron chi connectivity index (χ1n) is 9.80. The topological polar surface area (TPSA) is 47.8 Å². The number of aromatic nitrogens is 3. The number of hydrogen-bond acceptors (Lipinski definition) is 5. The third-order valence-corrected chi connectivity index (χ3v) is 7.56. The Morgan fingerprint density at radius 3 is 2.81 bits per heavy atom. The predicted octanol–water partition coefficient (Wildman–Crippen LogP) is 6.31. The summed E-state index contributed by atoms with van der Waals surface area (Å²) in [6, 6.07) is 19.9. The molecule has 3 heterocycles. The molecule has 2 aromatic carbocycles. The summed E-state index contributed by atoms with van der Waals surface area (Å²) in [6.07, 6.45) is 1.74. The Hall–Kier alpha value is -2.67. The van der Waals surface area contributed by atoms with Crippen LogP contribution in [-0.4, -0.2) is 14.5 Å². The van der Waals surface area contributed by atoms with Gasteiger partial charge in [0.15, 0.2) is 5.16 Å². The van der Waals surface area contributed by atoms with Crippen LogP contribution in [0, 0.1) is 6.92 Å². The minimum absolute atomic E-state index is 0.0559. The van der Waals surface area contributed by atoms with Crippen molar-refractivity contribution >= 4 is 55.1 Å². The molecule has 0 aliphatic rings. The summed E-state index contributed by atoms with van der Waals surface area (Å²) in [4.78, 5) is 23.7. The van der Waals surface area contributed by atoms with Crippen molar-refractivity contribution in [1.82, 2.24) is 14.5 Å². The highest BCUT2D eigenvalue weighted by Gasteiger charge is 2.18. The van der Waals surface area contributed by atoms with Gasteiger partial charge < -0.3 is 0 Å². The summed E-state index contributed by atoms with van der Waals surface area (Å²) in [6.45, 7) is 2.45. The first kappa shape index (κ1) is 20.2. The molecule has 0 bridgehead atoms. The van der Waals surface area contributed by atoms with Gasteiger partial charge in [0.1, 0.15) is 9.53 Å². The lowest BCUT2D eigenvalue weighted by Crippen LogP contribution is -2.23. The number of aryl methyl sites for hydroxylation is 1. The normalized spacial score (nSPS) is 11.4. The molecule has 0 fully saturated rings. The maximum Gasteiger partial charge on any atom is 0.272 e. The van der Waals surface area contributed by atoms with Gasteiger partial charge in [-0.15, -0.1) is 11.3 Å². The SMILES string of the molecule is Cc1cccc(CSc2nc3c(sc4ncccc43)c(=O)n2Cc2ccccc2Cl)c1. The number of hydrogen-bond donors (Lipinski definition) is 0. The van der Waals surface area contributed by atoms with E-state index >= 15 is 0 Å². The number of halogens is 1. The van der Waals surface area contributed by atoms with E-state index in [0.29, 0.717) is 21.4 Å². The van der Waals surface area contributed by atoms with Crippen LogP contribution in [0.2, 0.25) is 5.02 Å². The van der Waals surface area contributed by atoms with Crippen LogP contribution in [0.1, 0.15) is 16.7 Å². The number of fused-ring (bicyclic) bond motifs is 3. The monoisotopic (exact) mass is 463 g/mol. The Kier molecular flexibility index (Phi) is 5.52. The van der Waals surface area contributed by atoms with Crippen molar-refractivity contribution in [3.8, 4) is 0 Å². The lowest BCUT2D eigenvalue weighted by atomic mass is 10.2. The molecule has 0 saturated carbocycles. The second kappa shape index (κ2) is 8.46. The highest BCUT2D eigenvalue weighted by molar-refractivity contribution is 7.98. The first-order chi connectivity index (χ1) is 15.1. The quantitative estimate of drug-likeness (QED) is 0.226. The van der Waals surface area contributed by atoms with Crippen molar-refractivity contribution in [2.24, 2.45) is 0 Å². The van der Waals surface area contributed by atoms with E-state index in [9.17, 15) is 4.79 Å². The molecule has 0 N–H and O–H groups in total. The summed E-state index contributed by atoms with van der Waals surface area (Å²) in [5.74, 6) is 0.725. The van der Waals surface area contributed by atoms with Gasteiger partial charge in [-0.1, -0.05) is 71.4 Å². The number of rotatable bonds is 5. The molecule has 0 spiro atoms. The van der Waals surface area contributed by atoms with Crippen LogP contribution in [0.5, 0.6) is 0 Å². The van der Waals surface area contributed by atoms with Gasteiger partial charge in [0.25, 0.3) is 5.56 Å². The van der Waals surface area contributed by atoms with Gasteiger partial charge in [0.2, 0.25) is 0 Å². The minimum atomic E-state index is -0.0559. The molecule has 7 heteroatoms. The molecule has 0 aliphatic carbocycles. The van der Waals surface area contributed by atoms with Crippen molar-refractivity contribution in [2.45, 2.75) is 24.4 Å². The van der Waals surface area contributed by atoms with Crippen molar-refractivity contribution in [2.75, 3.05) is 0 Å². The maximum absolute atomic E-state index is 13.5. The Balaban J connectivity index is 1.65. The highest BCUT2D eigenvalue weighted by Crippen LogP contribution is 2.32. The van der Waals surface area contributed by atoms with Gasteiger partial charge in [0, 0.05) is 22.4 Å². The fourth-order valence-electron chi connectivity index (χ4n) is 3.54. The molecule has 0 saturated heterocycles. The molecule has 0 radical (unpaired) electrons. The summed E-state index contributed by atoms with van der Waals surface area (Å²) in [5, 5.41) is 2.24. The summed E-state index contributed by atoms with van der Waals surface area (Å²) in [7, 11) is 0. The van der Waals surface area contributed by atoms with E-state index in [4.69, 9.17) is 16.6 Å². The fourth-order valence-corrected chi connectivity index (χ4v) is 5.70. The smallest absolute Gasteiger partial charge is 0.272 e. The van der Waals surface area contributed by atoms with E-state index < -0.39 is 0 Å². The summed E-state index contributed by atoms with van der Waals surface area (Å²) >= 11 is 9.36. The molecular weight excluding hydrogens is 446 g/mol. The summed E-state index contributed by atoms with van der Waals surface area (Å²) in [5.41, 5.74) is 3.97. The van der Waals surface area contributed by atoms with E-state index in [2.05, 4.69) is 36.2 Å². The predicted molar refractivity (Wildman–Crippen MR) is 130 cm³/mol. The standard InChI is InChI=1S/C24H18ClN3OS2/c1-15-6-4-7-16(12-15)14-30-24-27-20-18-9-5-11-26-22(18)31-21(20)23(29)28(24)13-17-8-2-3-10-19(17)25/h2-12H,13-14H2,1H3. The average molecular weight is 464 g/mol. The lowest BCUT2D eigenvalue weighted by Gasteiger charge is -2.13. The molecular formula is C24H18ClN3OS2. The molecule has 5 rings (SSSR count). The third kappa shape index (κ3) is 3.99. The molecule has 154 valence electrons. The number of thioether (sulfide) groups is 1. The molecule has 0 atom stereocenters. The summed E-state index contributed by atoms with van der Waals surface area (Å²) < 4.78 is 2.36. The van der Waals surface area contributed by atoms with Gasteiger partial charge in [-0.2, -0.15) is 0 Å². The van der Waals surface area contributed by atoms with Crippen LogP contribution in [0.15, 0.2) is 76.8 Å². The van der Waals surface area contributed by atoms with Gasteiger partial charge in [-0.25, -0.2) is 9.97 Å². The van der Waals surface area contributed by atoms with Gasteiger partial charge in [-0.05, 0) is 36.2 Å². The van der Waals surface area contributed by atoms with E-state index in [-0.39, 0.29) is 5.56 Å². The van der Waals surface area contributed by atoms with Crippen LogP contribution in [0.3, 0.4) is 0 Å². The number of nitrogens with zero attached hydrogens (tertiary/aromatic N) is 3. The average Bonchev–Trinajstić information content (AvgIpc) is 3.15. The number of pyridine rings is 1. The Morgan fingerprint density at radius 1 is 1.10 bits per heavy atom. The molecule has 0 unspecified atom stereocenters. The molecule has 5 aromatic rings. The van der Waals surface area contributed by atoms with Crippen molar-refractivity contribution < 1.29 is 0 Å². The number of thiophene rings is 1. The maximum atomic E-state index is 13.5. The van der Waals surface area contributed by atoms with E-state index in [1.807, 2.05) is 36.4 Å². The van der Waals surface area contributed by atoms with Gasteiger partial charge in [-0.3, -0.25) is 9.36 Å². The van der Waals surface area contributed by atoms with Crippen LogP contribution >= 0.6 is 34.7 Å². The van der Waals surface area contributed by atoms with Crippen LogP contribution in [0.25, 0.3) is 20.4 Å². The first-order valence-corrected chi connectivity index (χ1v) is 12.0. The van der Waals surface area contributed by atoms with Crippen molar-refractivity contribution in [1.29, 1.82) is 0 Å². The molecule has 0 amide bonds. The lowest BCUT2D eigenvalue weighted by molar-refractivity contribution is 0.660. The third-order valence-electron chi connectivity index (χ3n) is 5.05. The minimum Gasteiger partial charge on any atom is -0.282 e. The molecule has 4 nitrogen and oxygen atoms in total. The highest BCUT2D eigenvalue weighted by atomic mass is 35.5. The second-order valence-corrected chi connectivity index (χ2v) is 9.64. The van der Waals surface area contributed by atoms with Crippen LogP contribution in [-0.2, 0) is 12.3 Å². The molecule has 3 aromatic heterocycles. The second-order valence-electron chi connectivity index (χ2n) is 7.29. The Morgan fingerprint density at radius 2 is 1.97 bits per heavy atom. The zero-order chi connectivity index (χ0) is 21.4. The van der Waals surface area contributed by atoms with Crippen molar-refractivity contribution in [3.05, 3.63) is 98.9 Å². The van der Waals surface area contributed by atoms with Gasteiger partial charge >= 0.3 is 0 Å². The van der Waals surface area contributed by atoms with Crippen molar-refractivity contribution in [3.63, 3.8) is 0 Å². The van der Waals surface area contributed by atoms with E-state index in [0.717, 1.165) is 27.0 Å².